The molecule has 0 aliphatic rings. The maximum Gasteiger partial charge on any atom is 0.200 e. The highest BCUT2D eigenvalue weighted by Gasteiger charge is 2.13. The Morgan fingerprint density at radius 1 is 1.14 bits per heavy atom. The molecule has 0 fully saturated rings. The molecule has 28 heavy (non-hydrogen) atoms. The first-order valence-corrected chi connectivity index (χ1v) is 10.7. The standard InChI is InChI=1S/C18H15ClN6O2S/c1-28(26,27)11-12-4-2-5-15(21-12)17-23-18(16-6-3-9-25(16)24-17)22-14-7-8-20-10-13(14)19/h2-10H,11H2,1H3,(H,20,22,23,24). The van der Waals surface area contributed by atoms with Gasteiger partial charge in [-0.2, -0.15) is 0 Å². The SMILES string of the molecule is CS(=O)(=O)Cc1cccc(-c2nc(Nc3ccncc3Cl)c3cccn3n2)n1. The molecule has 0 radical (unpaired) electrons. The highest BCUT2D eigenvalue weighted by atomic mass is 35.5. The second-order valence-electron chi connectivity index (χ2n) is 6.19. The van der Waals surface area contributed by atoms with E-state index in [1.54, 1.807) is 41.2 Å². The van der Waals surface area contributed by atoms with Crippen LogP contribution in [-0.4, -0.2) is 39.2 Å². The number of sulfone groups is 1. The van der Waals surface area contributed by atoms with E-state index in [1.165, 1.54) is 12.5 Å². The number of nitrogens with zero attached hydrogens (tertiary/aromatic N) is 5. The van der Waals surface area contributed by atoms with Crippen molar-refractivity contribution in [2.75, 3.05) is 11.6 Å². The van der Waals surface area contributed by atoms with Gasteiger partial charge in [-0.25, -0.2) is 22.9 Å². The van der Waals surface area contributed by atoms with Crippen LogP contribution < -0.4 is 5.32 Å². The predicted molar refractivity (Wildman–Crippen MR) is 107 cm³/mol. The molecule has 0 aliphatic carbocycles. The Hall–Kier alpha value is -3.04. The minimum Gasteiger partial charge on any atom is -0.337 e. The first kappa shape index (κ1) is 18.3. The zero-order valence-corrected chi connectivity index (χ0v) is 16.3. The van der Waals surface area contributed by atoms with Crippen molar-refractivity contribution in [3.8, 4) is 11.5 Å². The largest absolute Gasteiger partial charge is 0.337 e. The molecule has 0 spiro atoms. The Bertz CT molecular complexity index is 1270. The zero-order chi connectivity index (χ0) is 19.7. The molecule has 0 saturated heterocycles. The first-order valence-electron chi connectivity index (χ1n) is 8.25. The summed E-state index contributed by atoms with van der Waals surface area (Å²) < 4.78 is 24.8. The molecule has 4 rings (SSSR count). The highest BCUT2D eigenvalue weighted by molar-refractivity contribution is 7.89. The Morgan fingerprint density at radius 2 is 2.00 bits per heavy atom. The van der Waals surface area contributed by atoms with Crippen LogP contribution in [0.5, 0.6) is 0 Å². The smallest absolute Gasteiger partial charge is 0.200 e. The van der Waals surface area contributed by atoms with Crippen LogP contribution in [0.4, 0.5) is 11.5 Å². The molecule has 0 aromatic carbocycles. The molecule has 0 bridgehead atoms. The number of rotatable bonds is 5. The van der Waals surface area contributed by atoms with Gasteiger partial charge < -0.3 is 5.32 Å². The molecule has 0 aliphatic heterocycles. The predicted octanol–water partition coefficient (Wildman–Crippen LogP) is 3.13. The van der Waals surface area contributed by atoms with Gasteiger partial charge in [0.1, 0.15) is 11.2 Å². The monoisotopic (exact) mass is 414 g/mol. The number of anilines is 2. The Labute approximate surface area is 166 Å². The van der Waals surface area contributed by atoms with E-state index in [9.17, 15) is 8.42 Å². The summed E-state index contributed by atoms with van der Waals surface area (Å²) in [5.41, 5.74) is 2.32. The van der Waals surface area contributed by atoms with Crippen molar-refractivity contribution in [1.29, 1.82) is 0 Å². The number of fused-ring (bicyclic) bond motifs is 1. The third-order valence-electron chi connectivity index (χ3n) is 3.86. The number of aromatic nitrogens is 5. The van der Waals surface area contributed by atoms with Crippen molar-refractivity contribution in [3.63, 3.8) is 0 Å². The summed E-state index contributed by atoms with van der Waals surface area (Å²) in [6.45, 7) is 0. The topological polar surface area (TPSA) is 102 Å². The van der Waals surface area contributed by atoms with Crippen LogP contribution in [0, 0.1) is 0 Å². The fourth-order valence-corrected chi connectivity index (χ4v) is 3.56. The van der Waals surface area contributed by atoms with Gasteiger partial charge in [0.2, 0.25) is 5.82 Å². The van der Waals surface area contributed by atoms with Crippen molar-refractivity contribution in [1.82, 2.24) is 24.6 Å². The maximum atomic E-state index is 11.6. The maximum absolute atomic E-state index is 11.6. The van der Waals surface area contributed by atoms with Crippen LogP contribution in [0.25, 0.3) is 17.0 Å². The van der Waals surface area contributed by atoms with Crippen LogP contribution in [-0.2, 0) is 15.6 Å². The minimum absolute atomic E-state index is 0.148. The molecule has 10 heteroatoms. The van der Waals surface area contributed by atoms with E-state index >= 15 is 0 Å². The fraction of sp³-hybridized carbons (Fsp3) is 0.111. The first-order chi connectivity index (χ1) is 13.4. The van der Waals surface area contributed by atoms with Crippen molar-refractivity contribution in [3.05, 3.63) is 65.7 Å². The summed E-state index contributed by atoms with van der Waals surface area (Å²) in [7, 11) is -3.20. The summed E-state index contributed by atoms with van der Waals surface area (Å²) >= 11 is 6.19. The van der Waals surface area contributed by atoms with Crippen LogP contribution in [0.1, 0.15) is 5.69 Å². The molecule has 4 aromatic heterocycles. The van der Waals surface area contributed by atoms with Gasteiger partial charge in [-0.3, -0.25) is 4.98 Å². The van der Waals surface area contributed by atoms with E-state index in [0.717, 1.165) is 5.52 Å². The summed E-state index contributed by atoms with van der Waals surface area (Å²) in [5.74, 6) is 0.745. The summed E-state index contributed by atoms with van der Waals surface area (Å²) in [4.78, 5) is 13.0. The number of halogens is 1. The van der Waals surface area contributed by atoms with Crippen molar-refractivity contribution < 1.29 is 8.42 Å². The van der Waals surface area contributed by atoms with Gasteiger partial charge in [0, 0.05) is 24.8 Å². The molecular weight excluding hydrogens is 400 g/mol. The lowest BCUT2D eigenvalue weighted by molar-refractivity contribution is 0.600. The molecule has 1 N–H and O–H groups in total. The summed E-state index contributed by atoms with van der Waals surface area (Å²) in [6.07, 6.45) is 6.13. The quantitative estimate of drug-likeness (QED) is 0.535. The second kappa shape index (κ2) is 7.17. The average molecular weight is 415 g/mol. The second-order valence-corrected chi connectivity index (χ2v) is 8.73. The van der Waals surface area contributed by atoms with Crippen LogP contribution in [0.3, 0.4) is 0 Å². The van der Waals surface area contributed by atoms with Crippen molar-refractivity contribution in [2.45, 2.75) is 5.75 Å². The van der Waals surface area contributed by atoms with Gasteiger partial charge in [0.15, 0.2) is 15.7 Å². The lowest BCUT2D eigenvalue weighted by Crippen LogP contribution is -2.06. The third-order valence-corrected chi connectivity index (χ3v) is 4.98. The number of hydrogen-bond donors (Lipinski definition) is 1. The van der Waals surface area contributed by atoms with Crippen molar-refractivity contribution in [2.24, 2.45) is 0 Å². The molecule has 4 heterocycles. The van der Waals surface area contributed by atoms with Crippen LogP contribution in [0.2, 0.25) is 5.02 Å². The normalized spacial score (nSPS) is 11.6. The van der Waals surface area contributed by atoms with Crippen LogP contribution >= 0.6 is 11.6 Å². The van der Waals surface area contributed by atoms with E-state index in [2.05, 4.69) is 25.4 Å². The molecular formula is C18H15ClN6O2S. The third kappa shape index (κ3) is 3.95. The zero-order valence-electron chi connectivity index (χ0n) is 14.7. The number of hydrogen-bond acceptors (Lipinski definition) is 7. The summed E-state index contributed by atoms with van der Waals surface area (Å²) in [6, 6.07) is 10.6. The molecule has 0 amide bonds. The Kier molecular flexibility index (Phi) is 4.70. The Balaban J connectivity index is 1.79. The number of nitrogens with one attached hydrogen (secondary N) is 1. The van der Waals surface area contributed by atoms with Gasteiger partial charge >= 0.3 is 0 Å². The minimum atomic E-state index is -3.20. The molecule has 0 atom stereocenters. The molecule has 0 saturated carbocycles. The molecule has 142 valence electrons. The lowest BCUT2D eigenvalue weighted by atomic mass is 10.3. The van der Waals surface area contributed by atoms with Crippen LogP contribution in [0.15, 0.2) is 55.0 Å². The van der Waals surface area contributed by atoms with E-state index in [-0.39, 0.29) is 5.75 Å². The molecule has 0 unspecified atom stereocenters. The van der Waals surface area contributed by atoms with Gasteiger partial charge in [0.05, 0.1) is 22.2 Å². The summed E-state index contributed by atoms with van der Waals surface area (Å²) in [5, 5.41) is 8.13. The average Bonchev–Trinajstić information content (AvgIpc) is 3.11. The fourth-order valence-electron chi connectivity index (χ4n) is 2.69. The van der Waals surface area contributed by atoms with Gasteiger partial charge in [0.25, 0.3) is 0 Å². The van der Waals surface area contributed by atoms with Gasteiger partial charge in [-0.15, -0.1) is 5.10 Å². The highest BCUT2D eigenvalue weighted by Crippen LogP contribution is 2.27. The van der Waals surface area contributed by atoms with Crippen molar-refractivity contribution >= 4 is 38.5 Å². The lowest BCUT2D eigenvalue weighted by Gasteiger charge is -2.11. The van der Waals surface area contributed by atoms with E-state index in [0.29, 0.717) is 33.7 Å². The van der Waals surface area contributed by atoms with E-state index < -0.39 is 9.84 Å². The molecule has 8 nitrogen and oxygen atoms in total. The van der Waals surface area contributed by atoms with E-state index in [1.807, 2.05) is 12.1 Å². The number of pyridine rings is 2. The van der Waals surface area contributed by atoms with E-state index in [4.69, 9.17) is 11.6 Å². The van der Waals surface area contributed by atoms with Gasteiger partial charge in [-0.05, 0) is 30.3 Å². The van der Waals surface area contributed by atoms with Gasteiger partial charge in [-0.1, -0.05) is 17.7 Å². The Morgan fingerprint density at radius 3 is 2.79 bits per heavy atom. The molecule has 4 aromatic rings.